The third-order valence-corrected chi connectivity index (χ3v) is 5.93. The zero-order valence-electron chi connectivity index (χ0n) is 15.3. The minimum Gasteiger partial charge on any atom is -0.465 e. The molecule has 1 amide bonds. The number of methoxy groups -OCH3 is 1. The lowest BCUT2D eigenvalue weighted by Gasteiger charge is -2.21. The van der Waals surface area contributed by atoms with Crippen molar-refractivity contribution in [3.8, 4) is 10.7 Å². The lowest BCUT2D eigenvalue weighted by Crippen LogP contribution is -2.28. The quantitative estimate of drug-likeness (QED) is 0.683. The molecule has 1 aromatic carbocycles. The Kier molecular flexibility index (Phi) is 5.16. The van der Waals surface area contributed by atoms with E-state index in [4.69, 9.17) is 9.72 Å². The number of nitrogens with zero attached hydrogens (tertiary/aromatic N) is 2. The first-order chi connectivity index (χ1) is 13.7. The highest BCUT2D eigenvalue weighted by molar-refractivity contribution is 7.15. The molecular formula is C21H19N3O3S. The van der Waals surface area contributed by atoms with E-state index in [0.717, 1.165) is 34.1 Å². The number of carbonyl (C=O) groups excluding carboxylic acids is 2. The van der Waals surface area contributed by atoms with Crippen LogP contribution in [0, 0.1) is 5.92 Å². The number of aromatic nitrogens is 2. The molecule has 0 radical (unpaired) electrons. The van der Waals surface area contributed by atoms with Crippen LogP contribution in [0.15, 0.2) is 48.7 Å². The Morgan fingerprint density at radius 3 is 2.79 bits per heavy atom. The van der Waals surface area contributed by atoms with E-state index < -0.39 is 5.97 Å². The van der Waals surface area contributed by atoms with E-state index in [9.17, 15) is 9.59 Å². The fourth-order valence-electron chi connectivity index (χ4n) is 3.31. The average molecular weight is 393 g/mol. The van der Waals surface area contributed by atoms with Crippen molar-refractivity contribution in [2.75, 3.05) is 12.4 Å². The number of aryl methyl sites for hydroxylation is 1. The van der Waals surface area contributed by atoms with Gasteiger partial charge in [-0.15, -0.1) is 11.3 Å². The number of pyridine rings is 1. The van der Waals surface area contributed by atoms with Crippen LogP contribution >= 0.6 is 11.3 Å². The topological polar surface area (TPSA) is 81.2 Å². The molecule has 6 nitrogen and oxygen atoms in total. The molecule has 1 aliphatic carbocycles. The van der Waals surface area contributed by atoms with Crippen LogP contribution in [0.5, 0.6) is 0 Å². The van der Waals surface area contributed by atoms with Gasteiger partial charge in [0.05, 0.1) is 29.7 Å². The maximum Gasteiger partial charge on any atom is 0.339 e. The number of amides is 1. The molecule has 1 N–H and O–H groups in total. The van der Waals surface area contributed by atoms with Gasteiger partial charge in [-0.3, -0.25) is 9.78 Å². The maximum atomic E-state index is 12.8. The lowest BCUT2D eigenvalue weighted by molar-refractivity contribution is -0.120. The SMILES string of the molecule is COC(=O)c1ccccc1NC(=O)C1CCc2nc(-c3ccccn3)sc2C1. The summed E-state index contributed by atoms with van der Waals surface area (Å²) in [4.78, 5) is 34.9. The second-order valence-electron chi connectivity index (χ2n) is 6.57. The predicted octanol–water partition coefficient (Wildman–Crippen LogP) is 3.74. The van der Waals surface area contributed by atoms with E-state index in [1.165, 1.54) is 7.11 Å². The Labute approximate surface area is 166 Å². The highest BCUT2D eigenvalue weighted by Crippen LogP contribution is 2.34. The molecule has 28 heavy (non-hydrogen) atoms. The molecular weight excluding hydrogens is 374 g/mol. The molecule has 1 unspecified atom stereocenters. The lowest BCUT2D eigenvalue weighted by atomic mass is 9.90. The number of ether oxygens (including phenoxy) is 1. The summed E-state index contributed by atoms with van der Waals surface area (Å²) < 4.78 is 4.79. The van der Waals surface area contributed by atoms with E-state index in [-0.39, 0.29) is 11.8 Å². The second-order valence-corrected chi connectivity index (χ2v) is 7.65. The summed E-state index contributed by atoms with van der Waals surface area (Å²) in [5.74, 6) is -0.714. The Morgan fingerprint density at radius 1 is 1.18 bits per heavy atom. The molecule has 142 valence electrons. The van der Waals surface area contributed by atoms with Gasteiger partial charge >= 0.3 is 5.97 Å². The van der Waals surface area contributed by atoms with Gasteiger partial charge in [0.15, 0.2) is 0 Å². The standard InChI is InChI=1S/C21H19N3O3S/c1-27-21(26)14-6-2-3-7-15(14)23-19(25)13-9-10-16-18(12-13)28-20(24-16)17-8-4-5-11-22-17/h2-8,11,13H,9-10,12H2,1H3,(H,23,25). The Balaban J connectivity index is 1.50. The van der Waals surface area contributed by atoms with E-state index in [1.807, 2.05) is 18.2 Å². The third-order valence-electron chi connectivity index (χ3n) is 4.78. The first kappa shape index (κ1) is 18.3. The van der Waals surface area contributed by atoms with E-state index >= 15 is 0 Å². The fraction of sp³-hybridized carbons (Fsp3) is 0.238. The number of rotatable bonds is 4. The number of hydrogen-bond donors (Lipinski definition) is 1. The number of thiazole rings is 1. The average Bonchev–Trinajstić information content (AvgIpc) is 3.17. The number of anilines is 1. The summed E-state index contributed by atoms with van der Waals surface area (Å²) in [5.41, 5.74) is 2.74. The maximum absolute atomic E-state index is 12.8. The molecule has 0 spiro atoms. The molecule has 7 heteroatoms. The van der Waals surface area contributed by atoms with Crippen molar-refractivity contribution in [3.63, 3.8) is 0 Å². The summed E-state index contributed by atoms with van der Waals surface area (Å²) in [6.45, 7) is 0. The molecule has 2 aromatic heterocycles. The van der Waals surface area contributed by atoms with Crippen LogP contribution in [0.1, 0.15) is 27.3 Å². The molecule has 2 heterocycles. The van der Waals surface area contributed by atoms with Crippen LogP contribution in [0.4, 0.5) is 5.69 Å². The zero-order valence-corrected chi connectivity index (χ0v) is 16.2. The van der Waals surface area contributed by atoms with Gasteiger partial charge in [-0.2, -0.15) is 0 Å². The largest absolute Gasteiger partial charge is 0.465 e. The third kappa shape index (κ3) is 3.66. The minimum absolute atomic E-state index is 0.0882. The van der Waals surface area contributed by atoms with Crippen molar-refractivity contribution >= 4 is 28.9 Å². The van der Waals surface area contributed by atoms with Crippen LogP contribution in [0.25, 0.3) is 10.7 Å². The summed E-state index contributed by atoms with van der Waals surface area (Å²) in [6.07, 6.45) is 3.89. The van der Waals surface area contributed by atoms with Gasteiger partial charge in [0.1, 0.15) is 5.01 Å². The van der Waals surface area contributed by atoms with Crippen LogP contribution in [-0.2, 0) is 22.4 Å². The first-order valence-electron chi connectivity index (χ1n) is 9.04. The number of nitrogens with one attached hydrogen (secondary N) is 1. The molecule has 0 bridgehead atoms. The van der Waals surface area contributed by atoms with E-state index in [0.29, 0.717) is 17.7 Å². The number of fused-ring (bicyclic) bond motifs is 1. The Hall–Kier alpha value is -3.06. The number of esters is 1. The van der Waals surface area contributed by atoms with Crippen molar-refractivity contribution in [1.82, 2.24) is 9.97 Å². The Bertz CT molecular complexity index is 1020. The van der Waals surface area contributed by atoms with Gasteiger partial charge in [-0.25, -0.2) is 9.78 Å². The number of carbonyl (C=O) groups is 2. The molecule has 3 aromatic rings. The molecule has 4 rings (SSSR count). The van der Waals surface area contributed by atoms with E-state index in [2.05, 4.69) is 10.3 Å². The monoisotopic (exact) mass is 393 g/mol. The van der Waals surface area contributed by atoms with Crippen LogP contribution < -0.4 is 5.32 Å². The highest BCUT2D eigenvalue weighted by atomic mass is 32.1. The zero-order chi connectivity index (χ0) is 19.5. The van der Waals surface area contributed by atoms with Crippen LogP contribution in [-0.4, -0.2) is 29.0 Å². The molecule has 0 saturated heterocycles. The number of benzene rings is 1. The van der Waals surface area contributed by atoms with Gasteiger partial charge < -0.3 is 10.1 Å². The first-order valence-corrected chi connectivity index (χ1v) is 9.85. The Morgan fingerprint density at radius 2 is 2.00 bits per heavy atom. The van der Waals surface area contributed by atoms with Crippen molar-refractivity contribution < 1.29 is 14.3 Å². The van der Waals surface area contributed by atoms with Crippen molar-refractivity contribution in [2.45, 2.75) is 19.3 Å². The van der Waals surface area contributed by atoms with Crippen molar-refractivity contribution in [2.24, 2.45) is 5.92 Å². The summed E-state index contributed by atoms with van der Waals surface area (Å²) in [6, 6.07) is 12.6. The summed E-state index contributed by atoms with van der Waals surface area (Å²) in [5, 5.41) is 3.79. The van der Waals surface area contributed by atoms with Crippen LogP contribution in [0.3, 0.4) is 0 Å². The number of para-hydroxylation sites is 1. The van der Waals surface area contributed by atoms with Gasteiger partial charge in [-0.1, -0.05) is 18.2 Å². The van der Waals surface area contributed by atoms with Crippen molar-refractivity contribution in [3.05, 3.63) is 64.8 Å². The molecule has 0 aliphatic heterocycles. The number of hydrogen-bond acceptors (Lipinski definition) is 6. The van der Waals surface area contributed by atoms with Gasteiger partial charge in [0.25, 0.3) is 0 Å². The normalized spacial score (nSPS) is 15.5. The fourth-order valence-corrected chi connectivity index (χ4v) is 4.48. The highest BCUT2D eigenvalue weighted by Gasteiger charge is 2.28. The molecule has 0 saturated carbocycles. The van der Waals surface area contributed by atoms with Gasteiger partial charge in [0.2, 0.25) is 5.91 Å². The van der Waals surface area contributed by atoms with E-state index in [1.54, 1.807) is 41.8 Å². The van der Waals surface area contributed by atoms with Gasteiger partial charge in [0, 0.05) is 17.0 Å². The second kappa shape index (κ2) is 7.90. The smallest absolute Gasteiger partial charge is 0.339 e. The predicted molar refractivity (Wildman–Crippen MR) is 107 cm³/mol. The van der Waals surface area contributed by atoms with Gasteiger partial charge in [-0.05, 0) is 43.5 Å². The summed E-state index contributed by atoms with van der Waals surface area (Å²) in [7, 11) is 1.33. The summed E-state index contributed by atoms with van der Waals surface area (Å²) >= 11 is 1.60. The molecule has 1 atom stereocenters. The van der Waals surface area contributed by atoms with Crippen molar-refractivity contribution in [1.29, 1.82) is 0 Å². The van der Waals surface area contributed by atoms with Crippen LogP contribution in [0.2, 0.25) is 0 Å². The minimum atomic E-state index is -0.468. The molecule has 0 fully saturated rings. The molecule has 1 aliphatic rings.